The van der Waals surface area contributed by atoms with Crippen molar-refractivity contribution in [2.24, 2.45) is 0 Å². The maximum atomic E-state index is 3.53. The molecular formula is C23H18BrN. The van der Waals surface area contributed by atoms with Crippen LogP contribution in [0.15, 0.2) is 83.3 Å². The standard InChI is InChI=1S/C23H18BrN/c24-20-11-13-21(14-12-20)25-17-16-19-8-4-5-9-22(19)23(25)15-10-18-6-2-1-3-7-18/h1-9,11-14,23H,16-17H2. The Morgan fingerprint density at radius 3 is 2.36 bits per heavy atom. The molecule has 0 bridgehead atoms. The molecule has 4 rings (SSSR count). The van der Waals surface area contributed by atoms with Crippen molar-refractivity contribution in [1.29, 1.82) is 0 Å². The topological polar surface area (TPSA) is 3.24 Å². The fraction of sp³-hybridized carbons (Fsp3) is 0.130. The first-order valence-corrected chi connectivity index (χ1v) is 9.27. The molecule has 3 aromatic carbocycles. The highest BCUT2D eigenvalue weighted by molar-refractivity contribution is 9.10. The summed E-state index contributed by atoms with van der Waals surface area (Å²) in [6, 6.07) is 27.5. The Balaban J connectivity index is 1.76. The van der Waals surface area contributed by atoms with Gasteiger partial charge < -0.3 is 4.90 Å². The maximum absolute atomic E-state index is 3.53. The lowest BCUT2D eigenvalue weighted by molar-refractivity contribution is 0.682. The van der Waals surface area contributed by atoms with Gasteiger partial charge >= 0.3 is 0 Å². The summed E-state index contributed by atoms with van der Waals surface area (Å²) in [6.45, 7) is 0.979. The fourth-order valence-electron chi connectivity index (χ4n) is 3.31. The van der Waals surface area contributed by atoms with Crippen LogP contribution in [0.5, 0.6) is 0 Å². The van der Waals surface area contributed by atoms with Crippen LogP contribution in [0.1, 0.15) is 22.7 Å². The normalized spacial score (nSPS) is 15.9. The summed E-state index contributed by atoms with van der Waals surface area (Å²) >= 11 is 3.53. The van der Waals surface area contributed by atoms with Crippen LogP contribution in [-0.4, -0.2) is 6.54 Å². The summed E-state index contributed by atoms with van der Waals surface area (Å²) in [5, 5.41) is 0. The molecule has 25 heavy (non-hydrogen) atoms. The third-order valence-corrected chi connectivity index (χ3v) is 5.10. The zero-order chi connectivity index (χ0) is 17.1. The Kier molecular flexibility index (Phi) is 4.59. The molecule has 3 aromatic rings. The second-order valence-electron chi connectivity index (χ2n) is 6.16. The van der Waals surface area contributed by atoms with Crippen molar-refractivity contribution in [3.8, 4) is 11.8 Å². The van der Waals surface area contributed by atoms with Gasteiger partial charge in [-0.25, -0.2) is 0 Å². The fourth-order valence-corrected chi connectivity index (χ4v) is 3.57. The average Bonchev–Trinajstić information content (AvgIpc) is 2.67. The predicted octanol–water partition coefficient (Wildman–Crippen LogP) is 5.60. The lowest BCUT2D eigenvalue weighted by Gasteiger charge is -2.36. The minimum atomic E-state index is 0.0753. The SMILES string of the molecule is Brc1ccc(N2CCc3ccccc3C2C#Cc2ccccc2)cc1. The average molecular weight is 388 g/mol. The van der Waals surface area contributed by atoms with E-state index in [9.17, 15) is 0 Å². The van der Waals surface area contributed by atoms with Crippen molar-refractivity contribution >= 4 is 21.6 Å². The zero-order valence-corrected chi connectivity index (χ0v) is 15.4. The molecule has 0 aromatic heterocycles. The Morgan fingerprint density at radius 2 is 1.56 bits per heavy atom. The van der Waals surface area contributed by atoms with Gasteiger partial charge in [0.15, 0.2) is 0 Å². The van der Waals surface area contributed by atoms with E-state index in [4.69, 9.17) is 0 Å². The van der Waals surface area contributed by atoms with E-state index in [-0.39, 0.29) is 6.04 Å². The molecule has 0 saturated carbocycles. The summed E-state index contributed by atoms with van der Waals surface area (Å²) in [7, 11) is 0. The van der Waals surface area contributed by atoms with Crippen LogP contribution in [0.3, 0.4) is 0 Å². The van der Waals surface area contributed by atoms with E-state index in [0.717, 1.165) is 23.0 Å². The van der Waals surface area contributed by atoms with E-state index in [1.807, 2.05) is 18.2 Å². The van der Waals surface area contributed by atoms with Gasteiger partial charge in [-0.1, -0.05) is 70.2 Å². The van der Waals surface area contributed by atoms with Gasteiger partial charge in [0.25, 0.3) is 0 Å². The van der Waals surface area contributed by atoms with Crippen LogP contribution >= 0.6 is 15.9 Å². The monoisotopic (exact) mass is 387 g/mol. The number of anilines is 1. The lowest BCUT2D eigenvalue weighted by atomic mass is 9.92. The van der Waals surface area contributed by atoms with E-state index in [0.29, 0.717) is 0 Å². The Bertz CT molecular complexity index is 920. The zero-order valence-electron chi connectivity index (χ0n) is 13.8. The Hall–Kier alpha value is -2.50. The molecule has 1 heterocycles. The van der Waals surface area contributed by atoms with Gasteiger partial charge in [0.2, 0.25) is 0 Å². The van der Waals surface area contributed by atoms with Crippen molar-refractivity contribution in [2.45, 2.75) is 12.5 Å². The first-order valence-electron chi connectivity index (χ1n) is 8.48. The predicted molar refractivity (Wildman–Crippen MR) is 108 cm³/mol. The summed E-state index contributed by atoms with van der Waals surface area (Å²) in [5.74, 6) is 6.89. The second kappa shape index (κ2) is 7.17. The molecule has 1 nitrogen and oxygen atoms in total. The van der Waals surface area contributed by atoms with Gasteiger partial charge in [-0.15, -0.1) is 0 Å². The molecule has 2 heteroatoms. The molecule has 0 radical (unpaired) electrons. The summed E-state index contributed by atoms with van der Waals surface area (Å²) in [6.07, 6.45) is 1.05. The van der Waals surface area contributed by atoms with Crippen molar-refractivity contribution in [2.75, 3.05) is 11.4 Å². The molecule has 0 amide bonds. The number of halogens is 1. The van der Waals surface area contributed by atoms with Crippen LogP contribution in [0, 0.1) is 11.8 Å². The van der Waals surface area contributed by atoms with Gasteiger partial charge in [0, 0.05) is 22.3 Å². The highest BCUT2D eigenvalue weighted by Crippen LogP contribution is 2.33. The van der Waals surface area contributed by atoms with Crippen LogP contribution in [0.25, 0.3) is 0 Å². The van der Waals surface area contributed by atoms with Crippen LogP contribution in [-0.2, 0) is 6.42 Å². The molecule has 0 spiro atoms. The Labute approximate surface area is 157 Å². The third-order valence-electron chi connectivity index (χ3n) is 4.57. The number of hydrogen-bond acceptors (Lipinski definition) is 1. The van der Waals surface area contributed by atoms with E-state index in [1.54, 1.807) is 0 Å². The summed E-state index contributed by atoms with van der Waals surface area (Å²) in [5.41, 5.74) is 5.00. The number of hydrogen-bond donors (Lipinski definition) is 0. The summed E-state index contributed by atoms with van der Waals surface area (Å²) < 4.78 is 1.10. The van der Waals surface area contributed by atoms with E-state index < -0.39 is 0 Å². The lowest BCUT2D eigenvalue weighted by Crippen LogP contribution is -2.34. The molecule has 0 fully saturated rings. The molecular weight excluding hydrogens is 370 g/mol. The molecule has 0 aliphatic carbocycles. The van der Waals surface area contributed by atoms with Crippen LogP contribution < -0.4 is 4.90 Å². The minimum absolute atomic E-state index is 0.0753. The van der Waals surface area contributed by atoms with E-state index in [2.05, 4.69) is 93.3 Å². The Morgan fingerprint density at radius 1 is 0.840 bits per heavy atom. The van der Waals surface area contributed by atoms with Gasteiger partial charge in [-0.2, -0.15) is 0 Å². The smallest absolute Gasteiger partial charge is 0.117 e. The number of benzene rings is 3. The minimum Gasteiger partial charge on any atom is -0.353 e. The highest BCUT2D eigenvalue weighted by Gasteiger charge is 2.25. The maximum Gasteiger partial charge on any atom is 0.117 e. The summed E-state index contributed by atoms with van der Waals surface area (Å²) in [4.78, 5) is 2.41. The molecule has 1 atom stereocenters. The number of fused-ring (bicyclic) bond motifs is 1. The first kappa shape index (κ1) is 16.0. The van der Waals surface area contributed by atoms with Crippen molar-refractivity contribution in [1.82, 2.24) is 0 Å². The van der Waals surface area contributed by atoms with Crippen molar-refractivity contribution in [3.63, 3.8) is 0 Å². The van der Waals surface area contributed by atoms with Crippen molar-refractivity contribution in [3.05, 3.63) is 100 Å². The van der Waals surface area contributed by atoms with E-state index in [1.165, 1.54) is 16.8 Å². The van der Waals surface area contributed by atoms with Crippen LogP contribution in [0.2, 0.25) is 0 Å². The van der Waals surface area contributed by atoms with Gasteiger partial charge in [-0.05, 0) is 53.9 Å². The quantitative estimate of drug-likeness (QED) is 0.490. The number of rotatable bonds is 1. The molecule has 1 unspecified atom stereocenters. The molecule has 0 saturated heterocycles. The van der Waals surface area contributed by atoms with E-state index >= 15 is 0 Å². The van der Waals surface area contributed by atoms with Crippen LogP contribution in [0.4, 0.5) is 5.69 Å². The first-order chi connectivity index (χ1) is 12.3. The highest BCUT2D eigenvalue weighted by atomic mass is 79.9. The second-order valence-corrected chi connectivity index (χ2v) is 7.07. The third kappa shape index (κ3) is 3.48. The van der Waals surface area contributed by atoms with Gasteiger partial charge in [0.1, 0.15) is 6.04 Å². The molecule has 122 valence electrons. The van der Waals surface area contributed by atoms with Gasteiger partial charge in [0.05, 0.1) is 0 Å². The molecule has 1 aliphatic heterocycles. The molecule has 1 aliphatic rings. The van der Waals surface area contributed by atoms with Gasteiger partial charge in [-0.3, -0.25) is 0 Å². The number of nitrogens with zero attached hydrogens (tertiary/aromatic N) is 1. The molecule has 0 N–H and O–H groups in total. The largest absolute Gasteiger partial charge is 0.353 e. The van der Waals surface area contributed by atoms with Crippen molar-refractivity contribution < 1.29 is 0 Å².